The number of hydrogen-bond donors (Lipinski definition) is 1. The van der Waals surface area contributed by atoms with E-state index in [2.05, 4.69) is 39.5 Å². The van der Waals surface area contributed by atoms with Crippen LogP contribution in [0.3, 0.4) is 0 Å². The van der Waals surface area contributed by atoms with Gasteiger partial charge in [0.1, 0.15) is 12.4 Å². The van der Waals surface area contributed by atoms with Crippen LogP contribution < -0.4 is 5.32 Å². The van der Waals surface area contributed by atoms with Crippen molar-refractivity contribution in [2.24, 2.45) is 5.92 Å². The summed E-state index contributed by atoms with van der Waals surface area (Å²) in [6.07, 6.45) is 9.89. The van der Waals surface area contributed by atoms with Crippen molar-refractivity contribution in [2.45, 2.75) is 33.4 Å². The molecule has 0 amide bonds. The number of hydrogen-bond acceptors (Lipinski definition) is 5. The van der Waals surface area contributed by atoms with Gasteiger partial charge in [0, 0.05) is 36.3 Å². The van der Waals surface area contributed by atoms with Crippen molar-refractivity contribution in [1.29, 1.82) is 0 Å². The summed E-state index contributed by atoms with van der Waals surface area (Å²) in [4.78, 5) is 4.45. The summed E-state index contributed by atoms with van der Waals surface area (Å²) in [5.41, 5.74) is 1.08. The molecule has 0 aromatic carbocycles. The Kier molecular flexibility index (Phi) is 4.53. The molecule has 2 heterocycles. The van der Waals surface area contributed by atoms with Gasteiger partial charge < -0.3 is 5.32 Å². The quantitative estimate of drug-likeness (QED) is 0.821. The Balaban J connectivity index is 1.87. The van der Waals surface area contributed by atoms with E-state index in [0.717, 1.165) is 22.9 Å². The van der Waals surface area contributed by atoms with E-state index in [1.807, 2.05) is 6.20 Å². The Bertz CT molecular complexity index is 564. The Morgan fingerprint density at radius 3 is 3.11 bits per heavy atom. The van der Waals surface area contributed by atoms with E-state index < -0.39 is 0 Å². The highest BCUT2D eigenvalue weighted by molar-refractivity contribution is 7.09. The van der Waals surface area contributed by atoms with E-state index in [-0.39, 0.29) is 0 Å². The van der Waals surface area contributed by atoms with Gasteiger partial charge in [-0.25, -0.2) is 4.98 Å². The fourth-order valence-corrected chi connectivity index (χ4v) is 2.22. The van der Waals surface area contributed by atoms with Gasteiger partial charge in [0.2, 0.25) is 5.13 Å². The lowest BCUT2D eigenvalue weighted by Crippen LogP contribution is -2.00. The summed E-state index contributed by atoms with van der Waals surface area (Å²) in [5.74, 6) is 4.03. The lowest BCUT2D eigenvalue weighted by atomic mass is 10.1. The molecule has 0 aliphatic carbocycles. The highest BCUT2D eigenvalue weighted by atomic mass is 32.1. The van der Waals surface area contributed by atoms with Gasteiger partial charge in [0.25, 0.3) is 0 Å². The molecule has 19 heavy (non-hydrogen) atoms. The van der Waals surface area contributed by atoms with Crippen LogP contribution in [0, 0.1) is 18.3 Å². The van der Waals surface area contributed by atoms with E-state index >= 15 is 0 Å². The van der Waals surface area contributed by atoms with Crippen LogP contribution in [-0.4, -0.2) is 19.1 Å². The molecule has 0 saturated heterocycles. The second-order valence-corrected chi connectivity index (χ2v) is 5.47. The number of anilines is 1. The van der Waals surface area contributed by atoms with Crippen molar-refractivity contribution in [3.63, 3.8) is 0 Å². The average Bonchev–Trinajstić information content (AvgIpc) is 2.96. The van der Waals surface area contributed by atoms with Crippen molar-refractivity contribution in [3.8, 4) is 12.3 Å². The molecule has 0 fully saturated rings. The van der Waals surface area contributed by atoms with E-state index in [0.29, 0.717) is 19.0 Å². The molecule has 0 bridgehead atoms. The molecule has 0 spiro atoms. The molecule has 0 aliphatic rings. The largest absolute Gasteiger partial charge is 0.356 e. The van der Waals surface area contributed by atoms with Crippen LogP contribution in [0.25, 0.3) is 0 Å². The second kappa shape index (κ2) is 6.34. The molecule has 0 unspecified atom stereocenters. The van der Waals surface area contributed by atoms with Crippen LogP contribution in [0.5, 0.6) is 0 Å². The van der Waals surface area contributed by atoms with Gasteiger partial charge >= 0.3 is 0 Å². The van der Waals surface area contributed by atoms with Crippen molar-refractivity contribution in [3.05, 3.63) is 23.8 Å². The maximum Gasteiger partial charge on any atom is 0.202 e. The molecule has 0 radical (unpaired) electrons. The Hall–Kier alpha value is -1.87. The zero-order chi connectivity index (χ0) is 13.7. The number of rotatable bonds is 6. The minimum Gasteiger partial charge on any atom is -0.356 e. The fraction of sp³-hybridized carbons (Fsp3) is 0.462. The van der Waals surface area contributed by atoms with Crippen LogP contribution in [0.15, 0.2) is 12.4 Å². The number of nitrogens with one attached hydrogen (secondary N) is 1. The highest BCUT2D eigenvalue weighted by Gasteiger charge is 2.06. The van der Waals surface area contributed by atoms with Gasteiger partial charge in [0.05, 0.1) is 6.20 Å². The number of aromatic nitrogens is 4. The topological polar surface area (TPSA) is 55.6 Å². The monoisotopic (exact) mass is 275 g/mol. The van der Waals surface area contributed by atoms with Crippen molar-refractivity contribution in [2.75, 3.05) is 5.32 Å². The van der Waals surface area contributed by atoms with Crippen LogP contribution in [0.1, 0.15) is 25.2 Å². The number of terminal acetylenes is 1. The van der Waals surface area contributed by atoms with Gasteiger partial charge in [-0.15, -0.1) is 6.42 Å². The predicted molar refractivity (Wildman–Crippen MR) is 76.8 cm³/mol. The lowest BCUT2D eigenvalue weighted by molar-refractivity contribution is 0.627. The summed E-state index contributed by atoms with van der Waals surface area (Å²) in [5, 5.41) is 8.26. The standard InChI is InChI=1S/C13H17N5S/c1-4-5-18-9-11(8-15-18)7-14-13-16-12(17-19-13)6-10(2)3/h1,8-10H,5-7H2,2-3H3,(H,14,16,17). The molecular formula is C13H17N5S. The van der Waals surface area contributed by atoms with Crippen molar-refractivity contribution >= 4 is 16.7 Å². The SMILES string of the molecule is C#CCn1cc(CNc2nc(CC(C)C)ns2)cn1. The summed E-state index contributed by atoms with van der Waals surface area (Å²) >= 11 is 1.40. The first-order valence-corrected chi connectivity index (χ1v) is 6.96. The van der Waals surface area contributed by atoms with Crippen LogP contribution >= 0.6 is 11.5 Å². The molecule has 2 rings (SSSR count). The molecule has 0 atom stereocenters. The van der Waals surface area contributed by atoms with Gasteiger partial charge in [0.15, 0.2) is 0 Å². The Morgan fingerprint density at radius 1 is 1.53 bits per heavy atom. The molecule has 2 aromatic rings. The summed E-state index contributed by atoms with van der Waals surface area (Å²) in [7, 11) is 0. The van der Waals surface area contributed by atoms with E-state index in [1.165, 1.54) is 11.5 Å². The molecule has 6 heteroatoms. The molecule has 100 valence electrons. The minimum atomic E-state index is 0.497. The third-order valence-corrected chi connectivity index (χ3v) is 3.15. The van der Waals surface area contributed by atoms with E-state index in [9.17, 15) is 0 Å². The summed E-state index contributed by atoms with van der Waals surface area (Å²) in [6.45, 7) is 5.50. The zero-order valence-corrected chi connectivity index (χ0v) is 11.9. The fourth-order valence-electron chi connectivity index (χ4n) is 1.63. The summed E-state index contributed by atoms with van der Waals surface area (Å²) < 4.78 is 6.06. The van der Waals surface area contributed by atoms with Gasteiger partial charge in [-0.1, -0.05) is 19.8 Å². The maximum atomic E-state index is 5.23. The second-order valence-electron chi connectivity index (χ2n) is 4.72. The molecule has 2 aromatic heterocycles. The maximum absolute atomic E-state index is 5.23. The van der Waals surface area contributed by atoms with Crippen LogP contribution in [0.4, 0.5) is 5.13 Å². The molecule has 5 nitrogen and oxygen atoms in total. The average molecular weight is 275 g/mol. The van der Waals surface area contributed by atoms with Crippen molar-refractivity contribution in [1.82, 2.24) is 19.1 Å². The van der Waals surface area contributed by atoms with Crippen molar-refractivity contribution < 1.29 is 0 Å². The third-order valence-electron chi connectivity index (χ3n) is 2.44. The zero-order valence-electron chi connectivity index (χ0n) is 11.1. The first-order chi connectivity index (χ1) is 9.17. The first-order valence-electron chi connectivity index (χ1n) is 6.18. The molecule has 0 aliphatic heterocycles. The Labute approximate surface area is 117 Å². The van der Waals surface area contributed by atoms with Crippen LogP contribution in [0.2, 0.25) is 0 Å². The van der Waals surface area contributed by atoms with Gasteiger partial charge in [-0.3, -0.25) is 4.68 Å². The van der Waals surface area contributed by atoms with Crippen LogP contribution in [-0.2, 0) is 19.5 Å². The van der Waals surface area contributed by atoms with Gasteiger partial charge in [-0.2, -0.15) is 9.47 Å². The molecule has 1 N–H and O–H groups in total. The van der Waals surface area contributed by atoms with Gasteiger partial charge in [-0.05, 0) is 5.92 Å². The van der Waals surface area contributed by atoms with E-state index in [4.69, 9.17) is 6.42 Å². The smallest absolute Gasteiger partial charge is 0.202 e. The lowest BCUT2D eigenvalue weighted by Gasteiger charge is -1.99. The molecular weight excluding hydrogens is 258 g/mol. The normalized spacial score (nSPS) is 10.6. The Morgan fingerprint density at radius 2 is 2.37 bits per heavy atom. The molecule has 0 saturated carbocycles. The highest BCUT2D eigenvalue weighted by Crippen LogP contribution is 2.14. The summed E-state index contributed by atoms with van der Waals surface area (Å²) in [6, 6.07) is 0. The third kappa shape index (κ3) is 4.07. The van der Waals surface area contributed by atoms with E-state index in [1.54, 1.807) is 10.9 Å². The first kappa shape index (κ1) is 13.6. The predicted octanol–water partition coefficient (Wildman–Crippen LogP) is 2.18. The minimum absolute atomic E-state index is 0.497. The number of nitrogens with zero attached hydrogens (tertiary/aromatic N) is 4.